The Balaban J connectivity index is 2.03. The number of halogens is 1. The molecule has 0 aliphatic rings. The standard InChI is InChI=1S/C17H16FN3O2/c1-2-23-17(22)9-14(12-3-5-13(18)6-4-12)15-10-20-16-11-19-7-8-21(15)16/h3-8,10-11,14H,2,9H2,1H3. The lowest BCUT2D eigenvalue weighted by Gasteiger charge is -2.16. The summed E-state index contributed by atoms with van der Waals surface area (Å²) in [6.07, 6.45) is 6.97. The van der Waals surface area contributed by atoms with Crippen molar-refractivity contribution in [1.82, 2.24) is 14.4 Å². The van der Waals surface area contributed by atoms with Gasteiger partial charge in [-0.15, -0.1) is 0 Å². The van der Waals surface area contributed by atoms with Crippen LogP contribution in [0.3, 0.4) is 0 Å². The summed E-state index contributed by atoms with van der Waals surface area (Å²) in [5.41, 5.74) is 2.36. The van der Waals surface area contributed by atoms with Crippen molar-refractivity contribution < 1.29 is 13.9 Å². The highest BCUT2D eigenvalue weighted by atomic mass is 19.1. The summed E-state index contributed by atoms with van der Waals surface area (Å²) in [6, 6.07) is 6.14. The van der Waals surface area contributed by atoms with Gasteiger partial charge in [-0.1, -0.05) is 12.1 Å². The molecule has 118 valence electrons. The molecule has 1 aromatic carbocycles. The molecule has 23 heavy (non-hydrogen) atoms. The van der Waals surface area contributed by atoms with Gasteiger partial charge in [-0.2, -0.15) is 0 Å². The number of imidazole rings is 1. The molecule has 0 spiro atoms. The maximum Gasteiger partial charge on any atom is 0.306 e. The minimum Gasteiger partial charge on any atom is -0.466 e. The minimum atomic E-state index is -0.314. The molecule has 0 bridgehead atoms. The van der Waals surface area contributed by atoms with Crippen LogP contribution in [0.1, 0.15) is 30.5 Å². The first-order chi connectivity index (χ1) is 11.2. The third-order valence-electron chi connectivity index (χ3n) is 3.65. The quantitative estimate of drug-likeness (QED) is 0.680. The number of rotatable bonds is 5. The van der Waals surface area contributed by atoms with Crippen LogP contribution in [0.25, 0.3) is 5.65 Å². The van der Waals surface area contributed by atoms with Gasteiger partial charge in [0.1, 0.15) is 5.82 Å². The molecule has 3 aromatic rings. The van der Waals surface area contributed by atoms with Gasteiger partial charge in [0.15, 0.2) is 5.65 Å². The molecule has 0 N–H and O–H groups in total. The first-order valence-electron chi connectivity index (χ1n) is 7.37. The van der Waals surface area contributed by atoms with Gasteiger partial charge >= 0.3 is 5.97 Å². The first kappa shape index (κ1) is 15.1. The number of hydrogen-bond donors (Lipinski definition) is 0. The van der Waals surface area contributed by atoms with Crippen molar-refractivity contribution in [2.45, 2.75) is 19.3 Å². The van der Waals surface area contributed by atoms with Crippen molar-refractivity contribution in [3.8, 4) is 0 Å². The maximum atomic E-state index is 13.2. The monoisotopic (exact) mass is 313 g/mol. The van der Waals surface area contributed by atoms with E-state index in [1.165, 1.54) is 12.1 Å². The van der Waals surface area contributed by atoms with Crippen LogP contribution in [0.2, 0.25) is 0 Å². The Morgan fingerprint density at radius 3 is 2.83 bits per heavy atom. The van der Waals surface area contributed by atoms with E-state index in [0.717, 1.165) is 11.3 Å². The SMILES string of the molecule is CCOC(=O)CC(c1ccc(F)cc1)c1cnc2cnccn12. The molecule has 2 aromatic heterocycles. The van der Waals surface area contributed by atoms with Crippen molar-refractivity contribution in [3.63, 3.8) is 0 Å². The molecule has 0 aliphatic carbocycles. The molecule has 0 saturated heterocycles. The van der Waals surface area contributed by atoms with E-state index < -0.39 is 0 Å². The zero-order valence-corrected chi connectivity index (χ0v) is 12.6. The van der Waals surface area contributed by atoms with E-state index in [-0.39, 0.29) is 24.1 Å². The van der Waals surface area contributed by atoms with Gasteiger partial charge in [0, 0.05) is 24.5 Å². The van der Waals surface area contributed by atoms with Gasteiger partial charge in [0.25, 0.3) is 0 Å². The van der Waals surface area contributed by atoms with E-state index in [2.05, 4.69) is 9.97 Å². The number of aromatic nitrogens is 3. The molecule has 0 saturated carbocycles. The molecule has 0 radical (unpaired) electrons. The van der Waals surface area contributed by atoms with Crippen molar-refractivity contribution in [3.05, 3.63) is 66.1 Å². The highest BCUT2D eigenvalue weighted by molar-refractivity contribution is 5.71. The molecule has 1 atom stereocenters. The van der Waals surface area contributed by atoms with E-state index in [4.69, 9.17) is 4.74 Å². The zero-order valence-electron chi connectivity index (χ0n) is 12.6. The van der Waals surface area contributed by atoms with Crippen LogP contribution in [0.5, 0.6) is 0 Å². The molecule has 2 heterocycles. The highest BCUT2D eigenvalue weighted by Crippen LogP contribution is 2.29. The molecular formula is C17H16FN3O2. The fraction of sp³-hybridized carbons (Fsp3) is 0.235. The lowest BCUT2D eigenvalue weighted by atomic mass is 9.92. The summed E-state index contributed by atoms with van der Waals surface area (Å²) < 4.78 is 20.2. The van der Waals surface area contributed by atoms with Crippen molar-refractivity contribution in [2.75, 3.05) is 6.61 Å². The lowest BCUT2D eigenvalue weighted by Crippen LogP contribution is -2.13. The summed E-state index contributed by atoms with van der Waals surface area (Å²) in [7, 11) is 0. The van der Waals surface area contributed by atoms with Gasteiger partial charge in [0.05, 0.1) is 24.9 Å². The molecule has 0 fully saturated rings. The Labute approximate surface area is 132 Å². The predicted molar refractivity (Wildman–Crippen MR) is 82.5 cm³/mol. The van der Waals surface area contributed by atoms with Crippen molar-refractivity contribution in [2.24, 2.45) is 0 Å². The maximum absolute atomic E-state index is 13.2. The van der Waals surface area contributed by atoms with Crippen LogP contribution >= 0.6 is 0 Å². The third-order valence-corrected chi connectivity index (χ3v) is 3.65. The first-order valence-corrected chi connectivity index (χ1v) is 7.37. The van der Waals surface area contributed by atoms with Crippen LogP contribution in [0, 0.1) is 5.82 Å². The fourth-order valence-electron chi connectivity index (χ4n) is 2.59. The summed E-state index contributed by atoms with van der Waals surface area (Å²) in [4.78, 5) is 20.3. The normalized spacial score (nSPS) is 12.3. The van der Waals surface area contributed by atoms with Gasteiger partial charge in [0.2, 0.25) is 0 Å². The van der Waals surface area contributed by atoms with Crippen LogP contribution in [0.15, 0.2) is 49.1 Å². The number of benzene rings is 1. The molecule has 0 aliphatic heterocycles. The number of hydrogen-bond acceptors (Lipinski definition) is 4. The number of carbonyl (C=O) groups excluding carboxylic acids is 1. The van der Waals surface area contributed by atoms with Gasteiger partial charge in [-0.3, -0.25) is 9.78 Å². The van der Waals surface area contributed by atoms with E-state index >= 15 is 0 Å². The smallest absolute Gasteiger partial charge is 0.306 e. The largest absolute Gasteiger partial charge is 0.466 e. The number of esters is 1. The van der Waals surface area contributed by atoms with Crippen molar-refractivity contribution >= 4 is 11.6 Å². The third kappa shape index (κ3) is 3.21. The number of fused-ring (bicyclic) bond motifs is 1. The molecule has 5 nitrogen and oxygen atoms in total. The topological polar surface area (TPSA) is 56.5 Å². The fourth-order valence-corrected chi connectivity index (χ4v) is 2.59. The van der Waals surface area contributed by atoms with Gasteiger partial charge < -0.3 is 9.14 Å². The van der Waals surface area contributed by atoms with E-state index in [9.17, 15) is 9.18 Å². The van der Waals surface area contributed by atoms with Crippen LogP contribution in [0.4, 0.5) is 4.39 Å². The molecular weight excluding hydrogens is 297 g/mol. The average molecular weight is 313 g/mol. The number of carbonyl (C=O) groups is 1. The van der Waals surface area contributed by atoms with E-state index in [1.807, 2.05) is 4.40 Å². The molecule has 3 rings (SSSR count). The second-order valence-electron chi connectivity index (χ2n) is 5.10. The molecule has 0 amide bonds. The molecule has 6 heteroatoms. The average Bonchev–Trinajstić information content (AvgIpc) is 2.98. The second-order valence-corrected chi connectivity index (χ2v) is 5.10. The van der Waals surface area contributed by atoms with Crippen LogP contribution in [-0.4, -0.2) is 26.9 Å². The van der Waals surface area contributed by atoms with Crippen molar-refractivity contribution in [1.29, 1.82) is 0 Å². The highest BCUT2D eigenvalue weighted by Gasteiger charge is 2.22. The Morgan fingerprint density at radius 2 is 2.09 bits per heavy atom. The lowest BCUT2D eigenvalue weighted by molar-refractivity contribution is -0.143. The second kappa shape index (κ2) is 6.56. The Bertz CT molecular complexity index is 814. The summed E-state index contributed by atoms with van der Waals surface area (Å²) in [6.45, 7) is 2.09. The predicted octanol–water partition coefficient (Wildman–Crippen LogP) is 2.95. The molecule has 1 unspecified atom stereocenters. The van der Waals surface area contributed by atoms with Gasteiger partial charge in [-0.05, 0) is 24.6 Å². The van der Waals surface area contributed by atoms with E-state index in [0.29, 0.717) is 12.3 Å². The Hall–Kier alpha value is -2.76. The summed E-state index contributed by atoms with van der Waals surface area (Å²) in [5, 5.41) is 0. The van der Waals surface area contributed by atoms with Gasteiger partial charge in [-0.25, -0.2) is 9.37 Å². The summed E-state index contributed by atoms with van der Waals surface area (Å²) in [5.74, 6) is -0.885. The van der Waals surface area contributed by atoms with E-state index in [1.54, 1.807) is 43.8 Å². The zero-order chi connectivity index (χ0) is 16.2. The summed E-state index contributed by atoms with van der Waals surface area (Å²) >= 11 is 0. The van der Waals surface area contributed by atoms with Crippen LogP contribution in [-0.2, 0) is 9.53 Å². The Morgan fingerprint density at radius 1 is 1.30 bits per heavy atom. The number of ether oxygens (including phenoxy) is 1. The number of nitrogens with zero attached hydrogens (tertiary/aromatic N) is 3. The van der Waals surface area contributed by atoms with Crippen LogP contribution < -0.4 is 0 Å². The minimum absolute atomic E-state index is 0.162. The Kier molecular flexibility index (Phi) is 4.32.